The van der Waals surface area contributed by atoms with Crippen molar-refractivity contribution < 1.29 is 5.11 Å². The van der Waals surface area contributed by atoms with Crippen LogP contribution in [-0.4, -0.2) is 33.3 Å². The maximum absolute atomic E-state index is 11.9. The number of hydrogen-bond acceptors (Lipinski definition) is 4. The Labute approximate surface area is 126 Å². The third kappa shape index (κ3) is 2.34. The fourth-order valence-electron chi connectivity index (χ4n) is 3.82. The molecule has 1 unspecified atom stereocenters. The monoisotopic (exact) mass is 341 g/mol. The van der Waals surface area contributed by atoms with Crippen LogP contribution >= 0.6 is 15.9 Å². The van der Waals surface area contributed by atoms with Crippen molar-refractivity contribution in [2.45, 2.75) is 44.2 Å². The van der Waals surface area contributed by atoms with E-state index in [2.05, 4.69) is 26.2 Å². The van der Waals surface area contributed by atoms with Crippen LogP contribution in [0.2, 0.25) is 0 Å². The summed E-state index contributed by atoms with van der Waals surface area (Å²) in [6, 6.07) is 0. The molecule has 3 rings (SSSR count). The van der Waals surface area contributed by atoms with E-state index in [1.54, 1.807) is 10.8 Å². The smallest absolute Gasteiger partial charge is 0.269 e. The van der Waals surface area contributed by atoms with Gasteiger partial charge in [0, 0.05) is 18.2 Å². The lowest BCUT2D eigenvalue weighted by atomic mass is 9.66. The number of aromatic nitrogens is 2. The Morgan fingerprint density at radius 3 is 2.90 bits per heavy atom. The normalized spacial score (nSPS) is 28.9. The number of hydrogen-bond donors (Lipinski definition) is 2. The van der Waals surface area contributed by atoms with Crippen molar-refractivity contribution in [2.24, 2.45) is 5.41 Å². The molecule has 1 saturated carbocycles. The van der Waals surface area contributed by atoms with E-state index in [9.17, 15) is 9.90 Å². The van der Waals surface area contributed by atoms with Crippen molar-refractivity contribution in [2.75, 3.05) is 13.1 Å². The van der Waals surface area contributed by atoms with Gasteiger partial charge in [0.25, 0.3) is 5.56 Å². The first-order valence-corrected chi connectivity index (χ1v) is 7.99. The molecule has 1 aromatic heterocycles. The zero-order valence-corrected chi connectivity index (χ0v) is 13.0. The minimum absolute atomic E-state index is 0.0829. The van der Waals surface area contributed by atoms with Crippen LogP contribution in [0.1, 0.15) is 32.1 Å². The Morgan fingerprint density at radius 2 is 2.15 bits per heavy atom. The van der Waals surface area contributed by atoms with Gasteiger partial charge in [-0.05, 0) is 41.7 Å². The molecule has 1 saturated heterocycles. The summed E-state index contributed by atoms with van der Waals surface area (Å²) in [5.41, 5.74) is -1.05. The maximum atomic E-state index is 11.9. The number of halogens is 1. The van der Waals surface area contributed by atoms with Gasteiger partial charge < -0.3 is 15.0 Å². The van der Waals surface area contributed by atoms with E-state index in [1.807, 2.05) is 0 Å². The van der Waals surface area contributed by atoms with Crippen LogP contribution in [0.4, 0.5) is 0 Å². The average molecular weight is 342 g/mol. The predicted molar refractivity (Wildman–Crippen MR) is 79.5 cm³/mol. The highest BCUT2D eigenvalue weighted by Crippen LogP contribution is 2.49. The summed E-state index contributed by atoms with van der Waals surface area (Å²) in [6.07, 6.45) is 8.08. The van der Waals surface area contributed by atoms with Crippen LogP contribution in [0.5, 0.6) is 0 Å². The fraction of sp³-hybridized carbons (Fsp3) is 0.714. The van der Waals surface area contributed by atoms with Gasteiger partial charge in [0.05, 0.1) is 18.3 Å². The topological polar surface area (TPSA) is 67.2 Å². The summed E-state index contributed by atoms with van der Waals surface area (Å²) in [7, 11) is 0. The zero-order chi connectivity index (χ0) is 14.2. The highest BCUT2D eigenvalue weighted by molar-refractivity contribution is 9.10. The van der Waals surface area contributed by atoms with Gasteiger partial charge in [-0.2, -0.15) is 0 Å². The lowest BCUT2D eigenvalue weighted by Crippen LogP contribution is -2.60. The molecule has 110 valence electrons. The number of nitrogens with one attached hydrogen (secondary N) is 1. The molecule has 20 heavy (non-hydrogen) atoms. The second-order valence-electron chi connectivity index (χ2n) is 6.12. The maximum Gasteiger partial charge on any atom is 0.269 e. The molecule has 1 spiro atoms. The van der Waals surface area contributed by atoms with Crippen LogP contribution in [0.25, 0.3) is 0 Å². The summed E-state index contributed by atoms with van der Waals surface area (Å²) in [5, 5.41) is 14.7. The van der Waals surface area contributed by atoms with E-state index < -0.39 is 5.60 Å². The quantitative estimate of drug-likeness (QED) is 0.850. The Hall–Kier alpha value is -0.720. The Morgan fingerprint density at radius 1 is 1.40 bits per heavy atom. The molecule has 1 aliphatic heterocycles. The number of nitrogens with zero attached hydrogens (tertiary/aromatic N) is 2. The Bertz CT molecular complexity index is 554. The van der Waals surface area contributed by atoms with E-state index in [1.165, 1.54) is 19.0 Å². The fourth-order valence-corrected chi connectivity index (χ4v) is 4.16. The van der Waals surface area contributed by atoms with Crippen molar-refractivity contribution in [1.29, 1.82) is 0 Å². The summed E-state index contributed by atoms with van der Waals surface area (Å²) in [4.78, 5) is 15.9. The van der Waals surface area contributed by atoms with Gasteiger partial charge in [-0.1, -0.05) is 12.8 Å². The molecule has 5 nitrogen and oxygen atoms in total. The average Bonchev–Trinajstić information content (AvgIpc) is 2.88. The molecule has 0 amide bonds. The van der Waals surface area contributed by atoms with E-state index in [4.69, 9.17) is 0 Å². The van der Waals surface area contributed by atoms with Crippen molar-refractivity contribution in [3.63, 3.8) is 0 Å². The summed E-state index contributed by atoms with van der Waals surface area (Å²) in [6.45, 7) is 2.01. The molecule has 0 aromatic carbocycles. The van der Waals surface area contributed by atoms with E-state index in [-0.39, 0.29) is 11.0 Å². The van der Waals surface area contributed by atoms with Gasteiger partial charge in [-0.25, -0.2) is 4.98 Å². The van der Waals surface area contributed by atoms with Crippen LogP contribution in [0, 0.1) is 5.41 Å². The van der Waals surface area contributed by atoms with Crippen molar-refractivity contribution >= 4 is 15.9 Å². The third-order valence-corrected chi connectivity index (χ3v) is 5.41. The highest BCUT2D eigenvalue weighted by atomic mass is 79.9. The van der Waals surface area contributed by atoms with Crippen molar-refractivity contribution in [3.8, 4) is 0 Å². The van der Waals surface area contributed by atoms with Gasteiger partial charge in [0.15, 0.2) is 0 Å². The number of piperidine rings is 1. The van der Waals surface area contributed by atoms with Crippen LogP contribution in [0.15, 0.2) is 21.8 Å². The highest BCUT2D eigenvalue weighted by Gasteiger charge is 2.53. The minimum Gasteiger partial charge on any atom is -0.387 e. The van der Waals surface area contributed by atoms with Gasteiger partial charge in [-0.15, -0.1) is 0 Å². The molecule has 2 fully saturated rings. The Balaban J connectivity index is 1.93. The Kier molecular flexibility index (Phi) is 3.73. The van der Waals surface area contributed by atoms with Gasteiger partial charge >= 0.3 is 0 Å². The lowest BCUT2D eigenvalue weighted by Gasteiger charge is -2.49. The predicted octanol–water partition coefficient (Wildman–Crippen LogP) is 1.29. The number of rotatable bonds is 2. The first-order valence-electron chi connectivity index (χ1n) is 7.20. The molecular formula is C14H20BrN3O2. The molecule has 2 heterocycles. The van der Waals surface area contributed by atoms with Crippen LogP contribution in [-0.2, 0) is 6.54 Å². The molecular weight excluding hydrogens is 322 g/mol. The molecule has 2 aliphatic rings. The van der Waals surface area contributed by atoms with Crippen LogP contribution in [0.3, 0.4) is 0 Å². The van der Waals surface area contributed by atoms with E-state index >= 15 is 0 Å². The third-order valence-electron chi connectivity index (χ3n) is 5.00. The van der Waals surface area contributed by atoms with Crippen LogP contribution < -0.4 is 10.9 Å². The zero-order valence-electron chi connectivity index (χ0n) is 11.4. The molecule has 0 bridgehead atoms. The first-order chi connectivity index (χ1) is 9.55. The molecule has 1 aromatic rings. The van der Waals surface area contributed by atoms with Crippen molar-refractivity contribution in [1.82, 2.24) is 14.9 Å². The summed E-state index contributed by atoms with van der Waals surface area (Å²) < 4.78 is 2.21. The van der Waals surface area contributed by atoms with Gasteiger partial charge in [0.1, 0.15) is 4.60 Å². The molecule has 6 heteroatoms. The first kappa shape index (κ1) is 14.2. The summed E-state index contributed by atoms with van der Waals surface area (Å²) in [5.74, 6) is 0. The van der Waals surface area contributed by atoms with Gasteiger partial charge in [0.2, 0.25) is 0 Å². The van der Waals surface area contributed by atoms with E-state index in [0.29, 0.717) is 17.6 Å². The lowest BCUT2D eigenvalue weighted by molar-refractivity contribution is -0.115. The SMILES string of the molecule is O=c1cnc(Br)cn1CC1(O)CCNCC12CCCC2. The molecule has 1 atom stereocenters. The molecule has 2 N–H and O–H groups in total. The largest absolute Gasteiger partial charge is 0.387 e. The van der Waals surface area contributed by atoms with E-state index in [0.717, 1.165) is 25.9 Å². The minimum atomic E-state index is -0.806. The second kappa shape index (κ2) is 5.24. The standard InChI is InChI=1S/C14H20BrN3O2/c15-11-8-18(12(19)7-17-11)10-14(20)5-6-16-9-13(14)3-1-2-4-13/h7-8,16,20H,1-6,9-10H2. The molecule has 0 radical (unpaired) electrons. The number of aliphatic hydroxyl groups is 1. The summed E-state index contributed by atoms with van der Waals surface area (Å²) >= 11 is 3.29. The molecule has 1 aliphatic carbocycles. The van der Waals surface area contributed by atoms with Gasteiger partial charge in [-0.3, -0.25) is 4.79 Å². The van der Waals surface area contributed by atoms with Crippen molar-refractivity contribution in [3.05, 3.63) is 27.4 Å². The second-order valence-corrected chi connectivity index (χ2v) is 6.93.